The van der Waals surface area contributed by atoms with Gasteiger partial charge in [-0.15, -0.1) is 0 Å². The maximum Gasteiger partial charge on any atom is 0.335 e. The van der Waals surface area contributed by atoms with Crippen LogP contribution in [-0.2, 0) is 19.1 Å². The fourth-order valence-electron chi connectivity index (χ4n) is 1.85. The highest BCUT2D eigenvalue weighted by molar-refractivity contribution is 6.01. The number of esters is 2. The molecule has 0 fully saturated rings. The van der Waals surface area contributed by atoms with Crippen molar-refractivity contribution in [3.8, 4) is 0 Å². The Morgan fingerprint density at radius 3 is 1.23 bits per heavy atom. The number of carbonyl (C=O) groups excluding carboxylic acids is 2. The molecule has 124 valence electrons. The molecule has 0 amide bonds. The first kappa shape index (κ1) is 20.2. The highest BCUT2D eigenvalue weighted by Crippen LogP contribution is 2.24. The quantitative estimate of drug-likeness (QED) is 0.388. The molecule has 0 aliphatic heterocycles. The monoisotopic (exact) mass is 308 g/mol. The lowest BCUT2D eigenvalue weighted by molar-refractivity contribution is -0.142. The largest absolute Gasteiger partial charge is 0.458 e. The van der Waals surface area contributed by atoms with E-state index in [0.717, 1.165) is 11.1 Å². The normalized spacial score (nSPS) is 12.0. The van der Waals surface area contributed by atoms with Gasteiger partial charge in [-0.1, -0.05) is 40.9 Å². The average Bonchev–Trinajstić information content (AvgIpc) is 2.38. The predicted octanol–water partition coefficient (Wildman–Crippen LogP) is 3.83. The van der Waals surface area contributed by atoms with Crippen LogP contribution in [0.25, 0.3) is 0 Å². The van der Waals surface area contributed by atoms with Crippen molar-refractivity contribution in [2.45, 2.75) is 41.5 Å². The molecule has 0 saturated heterocycles. The van der Waals surface area contributed by atoms with Crippen molar-refractivity contribution >= 4 is 11.9 Å². The highest BCUT2D eigenvalue weighted by atomic mass is 16.5. The summed E-state index contributed by atoms with van der Waals surface area (Å²) in [6.45, 7) is 18.6. The lowest BCUT2D eigenvalue weighted by atomic mass is 9.90. The maximum atomic E-state index is 12.3. The third-order valence-corrected chi connectivity index (χ3v) is 2.78. The van der Waals surface area contributed by atoms with Crippen molar-refractivity contribution in [1.82, 2.24) is 0 Å². The van der Waals surface area contributed by atoms with Crippen LogP contribution < -0.4 is 0 Å². The summed E-state index contributed by atoms with van der Waals surface area (Å²) in [6.07, 6.45) is 0. The van der Waals surface area contributed by atoms with Gasteiger partial charge in [0, 0.05) is 0 Å². The molecule has 0 spiro atoms. The number of ether oxygens (including phenoxy) is 2. The minimum absolute atomic E-state index is 0.140. The Bertz CT molecular complexity index is 437. The predicted molar refractivity (Wildman–Crippen MR) is 88.2 cm³/mol. The third kappa shape index (κ3) is 6.74. The van der Waals surface area contributed by atoms with Gasteiger partial charge in [-0.05, 0) is 36.8 Å². The Labute approximate surface area is 133 Å². The second-order valence-corrected chi connectivity index (χ2v) is 6.20. The molecule has 0 atom stereocenters. The van der Waals surface area contributed by atoms with E-state index in [1.807, 2.05) is 27.7 Å². The standard InChI is InChI=1S/C18H28O4/c1-11(2)9-21-17(19)15(13(5)6)16(14(7)8)18(20)22-10-12(3)4/h13-14H,1,3,9-10H2,2,4-8H3/b16-15-. The molecule has 0 heterocycles. The van der Waals surface area contributed by atoms with Gasteiger partial charge in [-0.2, -0.15) is 0 Å². The van der Waals surface area contributed by atoms with Gasteiger partial charge in [0.25, 0.3) is 0 Å². The molecule has 0 rings (SSSR count). The van der Waals surface area contributed by atoms with Crippen molar-refractivity contribution in [2.24, 2.45) is 11.8 Å². The van der Waals surface area contributed by atoms with Crippen molar-refractivity contribution in [2.75, 3.05) is 13.2 Å². The van der Waals surface area contributed by atoms with Crippen LogP contribution in [0.3, 0.4) is 0 Å². The minimum atomic E-state index is -0.492. The summed E-state index contributed by atoms with van der Waals surface area (Å²) in [5, 5.41) is 0. The molecule has 0 bridgehead atoms. The number of hydrogen-bond donors (Lipinski definition) is 0. The molecule has 0 radical (unpaired) electrons. The average molecular weight is 308 g/mol. The fourth-order valence-corrected chi connectivity index (χ4v) is 1.85. The minimum Gasteiger partial charge on any atom is -0.458 e. The zero-order valence-electron chi connectivity index (χ0n) is 14.6. The van der Waals surface area contributed by atoms with Gasteiger partial charge in [-0.25, -0.2) is 9.59 Å². The molecule has 4 heteroatoms. The summed E-state index contributed by atoms with van der Waals surface area (Å²) in [5.41, 5.74) is 2.21. The Morgan fingerprint density at radius 1 is 0.773 bits per heavy atom. The summed E-state index contributed by atoms with van der Waals surface area (Å²) >= 11 is 0. The molecule has 0 aliphatic rings. The summed E-state index contributed by atoms with van der Waals surface area (Å²) in [4.78, 5) is 24.7. The fraction of sp³-hybridized carbons (Fsp3) is 0.556. The smallest absolute Gasteiger partial charge is 0.335 e. The number of rotatable bonds is 8. The molecule has 0 saturated carbocycles. The first-order valence-corrected chi connectivity index (χ1v) is 7.44. The van der Waals surface area contributed by atoms with Gasteiger partial charge in [0.2, 0.25) is 0 Å². The molecule has 0 aromatic rings. The molecular weight excluding hydrogens is 280 g/mol. The van der Waals surface area contributed by atoms with E-state index in [1.165, 1.54) is 0 Å². The van der Waals surface area contributed by atoms with E-state index in [9.17, 15) is 9.59 Å². The second kappa shape index (κ2) is 9.23. The summed E-state index contributed by atoms with van der Waals surface area (Å²) in [7, 11) is 0. The van der Waals surface area contributed by atoms with E-state index in [4.69, 9.17) is 9.47 Å². The van der Waals surface area contributed by atoms with Gasteiger partial charge >= 0.3 is 11.9 Å². The molecule has 0 N–H and O–H groups in total. The lowest BCUT2D eigenvalue weighted by Gasteiger charge is -2.19. The molecule has 0 aromatic heterocycles. The maximum absolute atomic E-state index is 12.3. The van der Waals surface area contributed by atoms with Crippen LogP contribution in [0.15, 0.2) is 35.5 Å². The van der Waals surface area contributed by atoms with Crippen LogP contribution in [0, 0.1) is 11.8 Å². The van der Waals surface area contributed by atoms with Gasteiger partial charge in [0.05, 0.1) is 11.1 Å². The third-order valence-electron chi connectivity index (χ3n) is 2.78. The zero-order valence-corrected chi connectivity index (χ0v) is 14.6. The van der Waals surface area contributed by atoms with Gasteiger partial charge < -0.3 is 9.47 Å². The van der Waals surface area contributed by atoms with Gasteiger partial charge in [0.1, 0.15) is 13.2 Å². The summed E-state index contributed by atoms with van der Waals surface area (Å²) in [5.74, 6) is -1.28. The first-order valence-electron chi connectivity index (χ1n) is 7.44. The van der Waals surface area contributed by atoms with E-state index in [2.05, 4.69) is 13.2 Å². The molecule has 22 heavy (non-hydrogen) atoms. The second-order valence-electron chi connectivity index (χ2n) is 6.20. The molecular formula is C18H28O4. The van der Waals surface area contributed by atoms with E-state index < -0.39 is 11.9 Å². The number of carbonyl (C=O) groups is 2. The van der Waals surface area contributed by atoms with Crippen molar-refractivity contribution in [3.63, 3.8) is 0 Å². The Hall–Kier alpha value is -1.84. The van der Waals surface area contributed by atoms with E-state index in [1.54, 1.807) is 13.8 Å². The van der Waals surface area contributed by atoms with Crippen LogP contribution in [-0.4, -0.2) is 25.2 Å². The van der Waals surface area contributed by atoms with Gasteiger partial charge in [0.15, 0.2) is 0 Å². The Balaban J connectivity index is 5.55. The Morgan fingerprint density at radius 2 is 1.05 bits per heavy atom. The SMILES string of the molecule is C=C(C)COC(=O)/C(=C(\C(=O)OCC(=C)C)C(C)C)C(C)C. The van der Waals surface area contributed by atoms with Crippen LogP contribution in [0.2, 0.25) is 0 Å². The van der Waals surface area contributed by atoms with Crippen LogP contribution in [0.1, 0.15) is 41.5 Å². The molecule has 0 unspecified atom stereocenters. The lowest BCUT2D eigenvalue weighted by Crippen LogP contribution is -2.23. The Kier molecular flexibility index (Phi) is 8.46. The van der Waals surface area contributed by atoms with E-state index in [0.29, 0.717) is 11.1 Å². The summed E-state index contributed by atoms with van der Waals surface area (Å²) in [6, 6.07) is 0. The number of hydrogen-bond acceptors (Lipinski definition) is 4. The van der Waals surface area contributed by atoms with Crippen LogP contribution >= 0.6 is 0 Å². The molecule has 0 aromatic carbocycles. The highest BCUT2D eigenvalue weighted by Gasteiger charge is 2.27. The van der Waals surface area contributed by atoms with Crippen LogP contribution in [0.4, 0.5) is 0 Å². The van der Waals surface area contributed by atoms with Crippen molar-refractivity contribution in [1.29, 1.82) is 0 Å². The zero-order chi connectivity index (χ0) is 17.4. The summed E-state index contributed by atoms with van der Waals surface area (Å²) < 4.78 is 10.4. The van der Waals surface area contributed by atoms with E-state index in [-0.39, 0.29) is 25.0 Å². The first-order chi connectivity index (χ1) is 10.1. The van der Waals surface area contributed by atoms with Crippen molar-refractivity contribution in [3.05, 3.63) is 35.5 Å². The molecule has 0 aliphatic carbocycles. The van der Waals surface area contributed by atoms with E-state index >= 15 is 0 Å². The van der Waals surface area contributed by atoms with Crippen molar-refractivity contribution < 1.29 is 19.1 Å². The topological polar surface area (TPSA) is 52.6 Å². The molecule has 4 nitrogen and oxygen atoms in total. The van der Waals surface area contributed by atoms with Gasteiger partial charge in [-0.3, -0.25) is 0 Å². The van der Waals surface area contributed by atoms with Crippen LogP contribution in [0.5, 0.6) is 0 Å².